The number of nitrogens with zero attached hydrogens (tertiary/aromatic N) is 3. The quantitative estimate of drug-likeness (QED) is 0.540. The van der Waals surface area contributed by atoms with Gasteiger partial charge in [-0.1, -0.05) is 35.0 Å². The molecule has 9 heteroatoms. The lowest BCUT2D eigenvalue weighted by Crippen LogP contribution is -2.30. The Morgan fingerprint density at radius 3 is 2.47 bits per heavy atom. The van der Waals surface area contributed by atoms with Gasteiger partial charge in [-0.2, -0.15) is 4.98 Å². The first-order chi connectivity index (χ1) is 14.2. The lowest BCUT2D eigenvalue weighted by Gasteiger charge is -2.20. The number of aromatic nitrogens is 2. The fraction of sp³-hybridized carbons (Fsp3) is 0.333. The summed E-state index contributed by atoms with van der Waals surface area (Å²) in [6, 6.07) is 9.73. The molecular formula is C21H24FN3O4S. The molecule has 2 aromatic carbocycles. The first kappa shape index (κ1) is 21.9. The summed E-state index contributed by atoms with van der Waals surface area (Å²) in [5.74, 6) is 0.142. The highest BCUT2D eigenvalue weighted by atomic mass is 32.2. The molecule has 30 heavy (non-hydrogen) atoms. The Morgan fingerprint density at radius 2 is 1.80 bits per heavy atom. The Hall–Kier alpha value is -2.78. The van der Waals surface area contributed by atoms with Gasteiger partial charge in [0.15, 0.2) is 24.0 Å². The van der Waals surface area contributed by atoms with E-state index < -0.39 is 15.8 Å². The monoisotopic (exact) mass is 433 g/mol. The van der Waals surface area contributed by atoms with Crippen LogP contribution in [0, 0.1) is 26.6 Å². The Balaban J connectivity index is 1.62. The first-order valence-electron chi connectivity index (χ1n) is 9.41. The number of halogens is 1. The van der Waals surface area contributed by atoms with E-state index >= 15 is 0 Å². The van der Waals surface area contributed by atoms with E-state index in [2.05, 4.69) is 10.1 Å². The smallest absolute Gasteiger partial charge is 0.264 e. The van der Waals surface area contributed by atoms with Gasteiger partial charge in [0.05, 0.1) is 4.90 Å². The Morgan fingerprint density at radius 1 is 1.13 bits per heavy atom. The van der Waals surface area contributed by atoms with Crippen molar-refractivity contribution in [3.8, 4) is 5.75 Å². The molecule has 0 saturated heterocycles. The number of benzene rings is 2. The van der Waals surface area contributed by atoms with Gasteiger partial charge >= 0.3 is 0 Å². The van der Waals surface area contributed by atoms with E-state index in [1.54, 1.807) is 26.0 Å². The first-order valence-corrected chi connectivity index (χ1v) is 10.9. The molecule has 3 rings (SSSR count). The van der Waals surface area contributed by atoms with E-state index in [1.165, 1.54) is 23.5 Å². The average Bonchev–Trinajstić information content (AvgIpc) is 3.12. The van der Waals surface area contributed by atoms with Crippen molar-refractivity contribution in [1.82, 2.24) is 14.4 Å². The van der Waals surface area contributed by atoms with Gasteiger partial charge in [-0.05, 0) is 44.0 Å². The van der Waals surface area contributed by atoms with Crippen LogP contribution < -0.4 is 4.74 Å². The Labute approximate surface area is 175 Å². The topological polar surface area (TPSA) is 85.5 Å². The van der Waals surface area contributed by atoms with Crippen molar-refractivity contribution in [1.29, 1.82) is 0 Å². The number of para-hydroxylation sites is 1. The molecule has 160 valence electrons. The molecule has 0 radical (unpaired) electrons. The summed E-state index contributed by atoms with van der Waals surface area (Å²) in [4.78, 5) is 4.50. The molecule has 0 aliphatic rings. The molecule has 0 spiro atoms. The number of hydrogen-bond acceptors (Lipinski definition) is 6. The van der Waals surface area contributed by atoms with Crippen LogP contribution in [0.4, 0.5) is 4.39 Å². The lowest BCUT2D eigenvalue weighted by molar-refractivity contribution is 0.234. The molecule has 0 atom stereocenters. The molecule has 1 heterocycles. The zero-order valence-electron chi connectivity index (χ0n) is 17.3. The average molecular weight is 434 g/mol. The van der Waals surface area contributed by atoms with Gasteiger partial charge in [-0.15, -0.1) is 0 Å². The third-order valence-corrected chi connectivity index (χ3v) is 6.78. The minimum atomic E-state index is -3.65. The molecular weight excluding hydrogens is 409 g/mol. The van der Waals surface area contributed by atoms with Crippen LogP contribution in [0.2, 0.25) is 0 Å². The van der Waals surface area contributed by atoms with Crippen LogP contribution in [0.5, 0.6) is 5.75 Å². The minimum absolute atomic E-state index is 0.0795. The molecule has 1 aromatic heterocycles. The van der Waals surface area contributed by atoms with Gasteiger partial charge in [0.2, 0.25) is 10.0 Å². The molecule has 0 N–H and O–H groups in total. The predicted octanol–water partition coefficient (Wildman–Crippen LogP) is 3.58. The lowest BCUT2D eigenvalue weighted by atomic mass is 10.1. The minimum Gasteiger partial charge on any atom is -0.481 e. The third kappa shape index (κ3) is 4.85. The third-order valence-electron chi connectivity index (χ3n) is 4.62. The second kappa shape index (κ2) is 8.93. The van der Waals surface area contributed by atoms with Crippen LogP contribution in [0.25, 0.3) is 0 Å². The van der Waals surface area contributed by atoms with Crippen molar-refractivity contribution >= 4 is 10.0 Å². The largest absolute Gasteiger partial charge is 0.481 e. The molecule has 0 fully saturated rings. The number of aryl methyl sites for hydroxylation is 3. The predicted molar refractivity (Wildman–Crippen MR) is 109 cm³/mol. The molecule has 7 nitrogen and oxygen atoms in total. The summed E-state index contributed by atoms with van der Waals surface area (Å²) in [6.45, 7) is 5.62. The van der Waals surface area contributed by atoms with E-state index in [0.29, 0.717) is 21.8 Å². The molecule has 0 aliphatic carbocycles. The molecule has 0 amide bonds. The number of sulfonamides is 1. The molecule has 0 aliphatic heterocycles. The SMILES string of the molecule is Cc1cc(C)c(S(=O)(=O)N(C)CCc2noc(COc3ccccc3F)n2)c(C)c1. The van der Waals surface area contributed by atoms with Crippen molar-refractivity contribution in [2.45, 2.75) is 38.7 Å². The number of hydrogen-bond donors (Lipinski definition) is 0. The Bertz CT molecular complexity index is 1120. The van der Waals surface area contributed by atoms with Gasteiger partial charge in [0, 0.05) is 20.0 Å². The highest BCUT2D eigenvalue weighted by molar-refractivity contribution is 7.89. The summed E-state index contributed by atoms with van der Waals surface area (Å²) in [5, 5.41) is 3.84. The van der Waals surface area contributed by atoms with Crippen LogP contribution >= 0.6 is 0 Å². The normalized spacial score (nSPS) is 11.8. The summed E-state index contributed by atoms with van der Waals surface area (Å²) in [6.07, 6.45) is 0.267. The van der Waals surface area contributed by atoms with Crippen molar-refractivity contribution in [3.63, 3.8) is 0 Å². The number of ether oxygens (including phenoxy) is 1. The molecule has 0 unspecified atom stereocenters. The van der Waals surface area contributed by atoms with Gasteiger partial charge in [-0.3, -0.25) is 0 Å². The zero-order chi connectivity index (χ0) is 21.9. The molecule has 0 saturated carbocycles. The summed E-state index contributed by atoms with van der Waals surface area (Å²) < 4.78 is 51.3. The van der Waals surface area contributed by atoms with Crippen molar-refractivity contribution in [2.75, 3.05) is 13.6 Å². The summed E-state index contributed by atoms with van der Waals surface area (Å²) >= 11 is 0. The maximum atomic E-state index is 13.6. The van der Waals surface area contributed by atoms with Gasteiger partial charge in [0.25, 0.3) is 5.89 Å². The Kier molecular flexibility index (Phi) is 6.52. The summed E-state index contributed by atoms with van der Waals surface area (Å²) in [5.41, 5.74) is 2.45. The van der Waals surface area contributed by atoms with Crippen LogP contribution in [-0.4, -0.2) is 36.5 Å². The van der Waals surface area contributed by atoms with E-state index in [1.807, 2.05) is 19.1 Å². The number of rotatable bonds is 8. The maximum Gasteiger partial charge on any atom is 0.264 e. The standard InChI is InChI=1S/C21H24FN3O4S/c1-14-11-15(2)21(16(3)12-14)30(26,27)25(4)10-9-19-23-20(29-24-19)13-28-18-8-6-5-7-17(18)22/h5-8,11-12H,9-10,13H2,1-4H3. The van der Waals surface area contributed by atoms with E-state index in [9.17, 15) is 12.8 Å². The second-order valence-corrected chi connectivity index (χ2v) is 9.11. The van der Waals surface area contributed by atoms with Crippen molar-refractivity contribution in [3.05, 3.63) is 70.6 Å². The van der Waals surface area contributed by atoms with Crippen molar-refractivity contribution in [2.24, 2.45) is 0 Å². The van der Waals surface area contributed by atoms with E-state index in [0.717, 1.165) is 5.56 Å². The zero-order valence-corrected chi connectivity index (χ0v) is 18.2. The fourth-order valence-electron chi connectivity index (χ4n) is 3.26. The van der Waals surface area contributed by atoms with Crippen LogP contribution in [-0.2, 0) is 23.1 Å². The molecule has 0 bridgehead atoms. The van der Waals surface area contributed by atoms with Gasteiger partial charge in [-0.25, -0.2) is 17.1 Å². The van der Waals surface area contributed by atoms with Gasteiger partial charge < -0.3 is 9.26 Å². The van der Waals surface area contributed by atoms with Crippen LogP contribution in [0.15, 0.2) is 45.8 Å². The van der Waals surface area contributed by atoms with Crippen molar-refractivity contribution < 1.29 is 22.1 Å². The van der Waals surface area contributed by atoms with E-state index in [-0.39, 0.29) is 31.2 Å². The second-order valence-electron chi connectivity index (χ2n) is 7.13. The maximum absolute atomic E-state index is 13.6. The highest BCUT2D eigenvalue weighted by Gasteiger charge is 2.25. The number of likely N-dealkylation sites (N-methyl/N-ethyl adjacent to an activating group) is 1. The highest BCUT2D eigenvalue weighted by Crippen LogP contribution is 2.24. The van der Waals surface area contributed by atoms with Crippen LogP contribution in [0.3, 0.4) is 0 Å². The summed E-state index contributed by atoms with van der Waals surface area (Å²) in [7, 11) is -2.13. The van der Waals surface area contributed by atoms with Crippen LogP contribution in [0.1, 0.15) is 28.4 Å². The molecule has 3 aromatic rings. The van der Waals surface area contributed by atoms with E-state index in [4.69, 9.17) is 9.26 Å². The fourth-order valence-corrected chi connectivity index (χ4v) is 4.83. The van der Waals surface area contributed by atoms with Gasteiger partial charge in [0.1, 0.15) is 0 Å².